The number of fused-ring (bicyclic) bond motifs is 18. The van der Waals surface area contributed by atoms with Gasteiger partial charge in [0.2, 0.25) is 0 Å². The molecule has 0 unspecified atom stereocenters. The Morgan fingerprint density at radius 1 is 0.261 bits per heavy atom. The average Bonchev–Trinajstić information content (AvgIpc) is 3.72. The second kappa shape index (κ2) is 16.0. The van der Waals surface area contributed by atoms with Crippen LogP contribution in [0.4, 0.5) is 17.1 Å². The summed E-state index contributed by atoms with van der Waals surface area (Å²) in [6, 6.07) is 91.1. The third-order valence-corrected chi connectivity index (χ3v) is 15.2. The quantitative estimate of drug-likeness (QED) is 0.175. The van der Waals surface area contributed by atoms with Crippen LogP contribution in [0.25, 0.3) is 107 Å². The summed E-state index contributed by atoms with van der Waals surface area (Å²) in [5, 5.41) is 14.6. The monoisotopic (exact) mass is 895 g/mol. The van der Waals surface area contributed by atoms with Gasteiger partial charge in [-0.2, -0.15) is 0 Å². The number of thiophene rings is 1. The van der Waals surface area contributed by atoms with E-state index in [9.17, 15) is 0 Å². The van der Waals surface area contributed by atoms with Crippen molar-refractivity contribution in [3.05, 3.63) is 249 Å². The normalized spacial score (nSPS) is 11.9. The lowest BCUT2D eigenvalue weighted by Gasteiger charge is -2.29. The van der Waals surface area contributed by atoms with Crippen LogP contribution in [-0.2, 0) is 0 Å². The first kappa shape index (κ1) is 39.4. The zero-order chi connectivity index (χ0) is 45.4. The van der Waals surface area contributed by atoms with Crippen molar-refractivity contribution in [3.8, 4) is 44.9 Å². The number of ether oxygens (including phenoxy) is 1. The number of benzene rings is 11. The van der Waals surface area contributed by atoms with Gasteiger partial charge >= 0.3 is 0 Å². The van der Waals surface area contributed by atoms with Gasteiger partial charge in [0, 0.05) is 48.2 Å². The maximum Gasteiger partial charge on any atom is 0.135 e. The van der Waals surface area contributed by atoms with Gasteiger partial charge in [0.1, 0.15) is 11.5 Å². The Bertz CT molecular complexity index is 4300. The largest absolute Gasteiger partial charge is 0.456 e. The van der Waals surface area contributed by atoms with Gasteiger partial charge in [-0.1, -0.05) is 188 Å². The number of anilines is 3. The SMILES string of the molecule is c1ccc(-c2ccccc2N(c2ccc3c(c2)-c2ccccc2-c2ccccc2O3)c2ccc3c4ccccc4c4ccccc4c4ccccc4c4cc5c(cc4c3c2)sc2ccccc25)cc1. The molecule has 322 valence electrons. The number of rotatable bonds is 4. The predicted molar refractivity (Wildman–Crippen MR) is 296 cm³/mol. The van der Waals surface area contributed by atoms with Crippen LogP contribution in [0, 0.1) is 0 Å². The molecule has 13 aromatic rings. The third-order valence-electron chi connectivity index (χ3n) is 14.1. The van der Waals surface area contributed by atoms with E-state index in [1.807, 2.05) is 17.4 Å². The minimum Gasteiger partial charge on any atom is -0.456 e. The molecular formula is C66H41NOS. The van der Waals surface area contributed by atoms with E-state index in [1.165, 1.54) is 74.0 Å². The highest BCUT2D eigenvalue weighted by Gasteiger charge is 2.24. The Labute approximate surface area is 403 Å². The summed E-state index contributed by atoms with van der Waals surface area (Å²) in [6.45, 7) is 0. The van der Waals surface area contributed by atoms with Gasteiger partial charge in [-0.3, -0.25) is 0 Å². The lowest BCUT2D eigenvalue weighted by atomic mass is 9.93. The molecule has 14 rings (SSSR count). The molecule has 0 spiro atoms. The van der Waals surface area contributed by atoms with Crippen molar-refractivity contribution >= 4 is 102 Å². The molecule has 0 saturated carbocycles. The molecule has 0 bridgehead atoms. The molecule has 0 atom stereocenters. The molecular weight excluding hydrogens is 855 g/mol. The topological polar surface area (TPSA) is 12.5 Å². The maximum atomic E-state index is 6.81. The minimum absolute atomic E-state index is 0.828. The summed E-state index contributed by atoms with van der Waals surface area (Å²) in [7, 11) is 0. The molecule has 12 aromatic carbocycles. The third kappa shape index (κ3) is 6.39. The summed E-state index contributed by atoms with van der Waals surface area (Å²) in [6.07, 6.45) is 0. The van der Waals surface area contributed by atoms with Gasteiger partial charge in [-0.05, 0) is 131 Å². The van der Waals surface area contributed by atoms with Crippen LogP contribution in [0.5, 0.6) is 11.5 Å². The van der Waals surface area contributed by atoms with Gasteiger partial charge in [0.25, 0.3) is 0 Å². The van der Waals surface area contributed by atoms with Gasteiger partial charge in [0.05, 0.1) is 5.69 Å². The second-order valence-corrected chi connectivity index (χ2v) is 19.0. The highest BCUT2D eigenvalue weighted by molar-refractivity contribution is 7.25. The molecule has 3 heteroatoms. The maximum absolute atomic E-state index is 6.81. The molecule has 69 heavy (non-hydrogen) atoms. The molecule has 1 aliphatic heterocycles. The Hall–Kier alpha value is -8.76. The van der Waals surface area contributed by atoms with E-state index in [0.717, 1.165) is 61.9 Å². The van der Waals surface area contributed by atoms with E-state index in [4.69, 9.17) is 4.74 Å². The van der Waals surface area contributed by atoms with E-state index in [0.29, 0.717) is 0 Å². The van der Waals surface area contributed by atoms with Crippen LogP contribution in [0.2, 0.25) is 0 Å². The molecule has 0 aliphatic carbocycles. The Morgan fingerprint density at radius 3 is 1.42 bits per heavy atom. The van der Waals surface area contributed by atoms with E-state index < -0.39 is 0 Å². The summed E-state index contributed by atoms with van der Waals surface area (Å²) in [5.74, 6) is 1.68. The molecule has 0 fully saturated rings. The van der Waals surface area contributed by atoms with E-state index >= 15 is 0 Å². The van der Waals surface area contributed by atoms with Crippen LogP contribution in [0.15, 0.2) is 249 Å². The molecule has 2 heterocycles. The average molecular weight is 896 g/mol. The Kier molecular flexibility index (Phi) is 9.11. The van der Waals surface area contributed by atoms with Crippen LogP contribution in [0.1, 0.15) is 0 Å². The fourth-order valence-electron chi connectivity index (χ4n) is 11.0. The first-order chi connectivity index (χ1) is 34.2. The van der Waals surface area contributed by atoms with Gasteiger partial charge in [-0.15, -0.1) is 11.3 Å². The van der Waals surface area contributed by atoms with Crippen molar-refractivity contribution < 1.29 is 4.74 Å². The summed E-state index contributed by atoms with van der Waals surface area (Å²) in [5.41, 5.74) is 9.86. The standard InChI is InChI=1S/C66H41NOS/c1-2-18-42(19-3-1)45-20-12-15-31-62(45)67(44-35-37-64-60(39-44)53-28-11-9-26-51(53)55-29-13-16-32-63(55)68-64)43-34-36-54-50-25-7-6-23-48(50)46-21-4-5-22-47(46)49-24-8-10-27-52(49)58-40-61-56-30-14-17-33-65(56)69-66(61)41-59(58)57(54)38-43/h1-41H. The molecule has 0 radical (unpaired) electrons. The molecule has 1 aromatic heterocycles. The lowest BCUT2D eigenvalue weighted by Crippen LogP contribution is -2.11. The molecule has 0 N–H and O–H groups in total. The fraction of sp³-hybridized carbons (Fsp3) is 0. The number of hydrogen-bond acceptors (Lipinski definition) is 3. The minimum atomic E-state index is 0.828. The van der Waals surface area contributed by atoms with Crippen LogP contribution in [0.3, 0.4) is 0 Å². The van der Waals surface area contributed by atoms with E-state index in [-0.39, 0.29) is 0 Å². The van der Waals surface area contributed by atoms with Gasteiger partial charge in [-0.25, -0.2) is 0 Å². The molecule has 0 amide bonds. The lowest BCUT2D eigenvalue weighted by molar-refractivity contribution is 0.488. The zero-order valence-corrected chi connectivity index (χ0v) is 38.3. The van der Waals surface area contributed by atoms with Crippen molar-refractivity contribution in [2.75, 3.05) is 4.90 Å². The van der Waals surface area contributed by atoms with Crippen molar-refractivity contribution in [1.82, 2.24) is 0 Å². The first-order valence-corrected chi connectivity index (χ1v) is 24.4. The van der Waals surface area contributed by atoms with Crippen molar-refractivity contribution in [2.45, 2.75) is 0 Å². The van der Waals surface area contributed by atoms with E-state index in [1.54, 1.807) is 0 Å². The van der Waals surface area contributed by atoms with Crippen molar-refractivity contribution in [2.24, 2.45) is 0 Å². The van der Waals surface area contributed by atoms with Crippen molar-refractivity contribution in [1.29, 1.82) is 0 Å². The van der Waals surface area contributed by atoms with Gasteiger partial charge in [0.15, 0.2) is 0 Å². The number of hydrogen-bond donors (Lipinski definition) is 0. The molecule has 0 saturated heterocycles. The summed E-state index contributed by atoms with van der Waals surface area (Å²) >= 11 is 1.87. The molecule has 1 aliphatic rings. The van der Waals surface area contributed by atoms with Crippen LogP contribution in [-0.4, -0.2) is 0 Å². The Balaban J connectivity index is 1.14. The predicted octanol–water partition coefficient (Wildman–Crippen LogP) is 19.5. The summed E-state index contributed by atoms with van der Waals surface area (Å²) in [4.78, 5) is 2.45. The zero-order valence-electron chi connectivity index (χ0n) is 37.4. The first-order valence-electron chi connectivity index (χ1n) is 23.6. The van der Waals surface area contributed by atoms with Crippen LogP contribution >= 0.6 is 11.3 Å². The fourth-order valence-corrected chi connectivity index (χ4v) is 12.1. The smallest absolute Gasteiger partial charge is 0.135 e. The Morgan fingerprint density at radius 2 is 0.725 bits per heavy atom. The highest BCUT2D eigenvalue weighted by atomic mass is 32.1. The second-order valence-electron chi connectivity index (χ2n) is 17.9. The van der Waals surface area contributed by atoms with Gasteiger partial charge < -0.3 is 9.64 Å². The highest BCUT2D eigenvalue weighted by Crippen LogP contribution is 2.51. The van der Waals surface area contributed by atoms with Crippen LogP contribution < -0.4 is 9.64 Å². The number of para-hydroxylation sites is 2. The molecule has 2 nitrogen and oxygen atoms in total. The summed E-state index contributed by atoms with van der Waals surface area (Å²) < 4.78 is 9.37. The van der Waals surface area contributed by atoms with Crippen molar-refractivity contribution in [3.63, 3.8) is 0 Å². The van der Waals surface area contributed by atoms with E-state index in [2.05, 4.69) is 248 Å². The number of nitrogens with zero attached hydrogens (tertiary/aromatic N) is 1.